The highest BCUT2D eigenvalue weighted by molar-refractivity contribution is 7.92. The van der Waals surface area contributed by atoms with E-state index in [-0.39, 0.29) is 13.0 Å². The van der Waals surface area contributed by atoms with Gasteiger partial charge in [-0.2, -0.15) is 0 Å². The van der Waals surface area contributed by atoms with Crippen molar-refractivity contribution < 1.29 is 18.6 Å². The van der Waals surface area contributed by atoms with Crippen molar-refractivity contribution in [3.05, 3.63) is 58.7 Å². The number of nitrogens with one attached hydrogen (secondary N) is 1. The highest BCUT2D eigenvalue weighted by atomic mass is 35.5. The quantitative estimate of drug-likeness (QED) is 0.506. The van der Waals surface area contributed by atoms with Gasteiger partial charge in [-0.05, 0) is 53.8 Å². The van der Waals surface area contributed by atoms with E-state index in [0.717, 1.165) is 27.8 Å². The number of rotatable bonds is 7. The van der Waals surface area contributed by atoms with Crippen molar-refractivity contribution >= 4 is 38.6 Å². The number of anilines is 1. The van der Waals surface area contributed by atoms with Crippen LogP contribution in [0.25, 0.3) is 21.6 Å². The molecule has 0 radical (unpaired) electrons. The van der Waals surface area contributed by atoms with Crippen LogP contribution in [0.2, 0.25) is 5.02 Å². The van der Waals surface area contributed by atoms with Gasteiger partial charge >= 0.3 is 0 Å². The fourth-order valence-electron chi connectivity index (χ4n) is 2.83. The fraction of sp³-hybridized carbons (Fsp3) is 0.250. The lowest BCUT2D eigenvalue weighted by atomic mass is 10.00. The highest BCUT2D eigenvalue weighted by Crippen LogP contribution is 2.37. The monoisotopic (exact) mass is 452 g/mol. The molecular weight excluding hydrogens is 432 g/mol. The van der Waals surface area contributed by atoms with E-state index in [4.69, 9.17) is 11.6 Å². The Morgan fingerprint density at radius 2 is 1.97 bits per heavy atom. The van der Waals surface area contributed by atoms with Crippen molar-refractivity contribution in [3.8, 4) is 21.6 Å². The molecule has 2 heterocycles. The lowest BCUT2D eigenvalue weighted by Crippen LogP contribution is -2.31. The van der Waals surface area contributed by atoms with Crippen LogP contribution in [0.3, 0.4) is 0 Å². The number of halogens is 1. The summed E-state index contributed by atoms with van der Waals surface area (Å²) >= 11 is 7.91. The van der Waals surface area contributed by atoms with Gasteiger partial charge in [0, 0.05) is 34.4 Å². The molecule has 0 unspecified atom stereocenters. The van der Waals surface area contributed by atoms with E-state index in [1.54, 1.807) is 42.7 Å². The molecule has 0 aliphatic heterocycles. The molecule has 154 valence electrons. The van der Waals surface area contributed by atoms with Crippen LogP contribution in [0.5, 0.6) is 0 Å². The second-order valence-electron chi connectivity index (χ2n) is 7.14. The summed E-state index contributed by atoms with van der Waals surface area (Å²) in [5, 5.41) is 21.7. The maximum absolute atomic E-state index is 11.4. The van der Waals surface area contributed by atoms with E-state index in [2.05, 4.69) is 9.71 Å². The van der Waals surface area contributed by atoms with Crippen LogP contribution in [0.15, 0.2) is 48.0 Å². The average Bonchev–Trinajstić information content (AvgIpc) is 3.10. The van der Waals surface area contributed by atoms with Crippen LogP contribution < -0.4 is 4.72 Å². The van der Waals surface area contributed by atoms with Crippen LogP contribution in [0.4, 0.5) is 5.69 Å². The van der Waals surface area contributed by atoms with Crippen LogP contribution in [0, 0.1) is 0 Å². The second kappa shape index (κ2) is 8.41. The van der Waals surface area contributed by atoms with Gasteiger partial charge in [0.05, 0.1) is 23.5 Å². The van der Waals surface area contributed by atoms with Gasteiger partial charge < -0.3 is 10.2 Å². The fourth-order valence-corrected chi connectivity index (χ4v) is 4.58. The Bertz CT molecular complexity index is 1130. The van der Waals surface area contributed by atoms with Crippen molar-refractivity contribution in [1.82, 2.24) is 4.98 Å². The summed E-state index contributed by atoms with van der Waals surface area (Å²) in [5.74, 6) is 0. The Kier molecular flexibility index (Phi) is 6.30. The van der Waals surface area contributed by atoms with Gasteiger partial charge in [-0.25, -0.2) is 8.42 Å². The summed E-state index contributed by atoms with van der Waals surface area (Å²) in [4.78, 5) is 5.27. The van der Waals surface area contributed by atoms with E-state index in [1.165, 1.54) is 0 Å². The molecular formula is C20H21ClN2O4S2. The molecule has 29 heavy (non-hydrogen) atoms. The molecule has 0 amide bonds. The normalized spacial score (nSPS) is 13.8. The number of hydrogen-bond acceptors (Lipinski definition) is 6. The lowest BCUT2D eigenvalue weighted by molar-refractivity contribution is 0.00160. The van der Waals surface area contributed by atoms with Crippen LogP contribution in [0.1, 0.15) is 12.6 Å². The Morgan fingerprint density at radius 3 is 2.62 bits per heavy atom. The molecule has 0 saturated heterocycles. The third-order valence-corrected chi connectivity index (χ3v) is 6.08. The van der Waals surface area contributed by atoms with Gasteiger partial charge in [0.2, 0.25) is 10.0 Å². The number of hydrogen-bond donors (Lipinski definition) is 3. The van der Waals surface area contributed by atoms with Crippen molar-refractivity contribution in [2.75, 3.05) is 17.6 Å². The number of benzene rings is 1. The van der Waals surface area contributed by atoms with Crippen molar-refractivity contribution in [3.63, 3.8) is 0 Å². The Labute approximate surface area is 178 Å². The zero-order valence-corrected chi connectivity index (χ0v) is 18.3. The summed E-state index contributed by atoms with van der Waals surface area (Å²) in [6, 6.07) is 10.8. The van der Waals surface area contributed by atoms with Crippen LogP contribution >= 0.6 is 22.9 Å². The molecule has 1 atom stereocenters. The number of aromatic nitrogens is 1. The Morgan fingerprint density at radius 1 is 1.21 bits per heavy atom. The molecule has 0 fully saturated rings. The molecule has 3 N–H and O–H groups in total. The summed E-state index contributed by atoms with van der Waals surface area (Å²) in [6.07, 6.45) is 3.01. The standard InChI is InChI=1S/C20H21ClN2O4S2/c1-20(25,12-24)10-16-7-13(5-6-22-16)19-8-14(11-28-19)17-4-3-15(9-18(17)21)23-29(2,26)27/h3-9,11,23-25H,10,12H2,1-2H3/t20-/m1/s1. The molecule has 3 rings (SSSR count). The predicted octanol–water partition coefficient (Wildman–Crippen LogP) is 3.79. The average molecular weight is 453 g/mol. The van der Waals surface area contributed by atoms with E-state index >= 15 is 0 Å². The van der Waals surface area contributed by atoms with Gasteiger partial charge in [0.25, 0.3) is 0 Å². The van der Waals surface area contributed by atoms with Crippen molar-refractivity contribution in [2.45, 2.75) is 18.9 Å². The zero-order chi connectivity index (χ0) is 21.2. The molecule has 2 aromatic heterocycles. The van der Waals surface area contributed by atoms with E-state index in [9.17, 15) is 18.6 Å². The molecule has 0 aliphatic carbocycles. The van der Waals surface area contributed by atoms with Crippen LogP contribution in [-0.2, 0) is 16.4 Å². The molecule has 0 saturated carbocycles. The van der Waals surface area contributed by atoms with Crippen molar-refractivity contribution in [2.24, 2.45) is 0 Å². The van der Waals surface area contributed by atoms with Gasteiger partial charge in [-0.3, -0.25) is 9.71 Å². The first-order chi connectivity index (χ1) is 13.6. The third kappa shape index (κ3) is 5.77. The highest BCUT2D eigenvalue weighted by Gasteiger charge is 2.20. The number of nitrogens with zero attached hydrogens (tertiary/aromatic N) is 1. The first-order valence-electron chi connectivity index (χ1n) is 8.71. The first kappa shape index (κ1) is 21.7. The van der Waals surface area contributed by atoms with Gasteiger partial charge in [-0.1, -0.05) is 17.7 Å². The van der Waals surface area contributed by atoms with Crippen LogP contribution in [-0.4, -0.2) is 42.1 Å². The summed E-state index contributed by atoms with van der Waals surface area (Å²) in [6.45, 7) is 1.22. The maximum atomic E-state index is 11.4. The largest absolute Gasteiger partial charge is 0.393 e. The van der Waals surface area contributed by atoms with E-state index in [0.29, 0.717) is 16.4 Å². The predicted molar refractivity (Wildman–Crippen MR) is 118 cm³/mol. The van der Waals surface area contributed by atoms with Crippen molar-refractivity contribution in [1.29, 1.82) is 0 Å². The third-order valence-electron chi connectivity index (χ3n) is 4.19. The second-order valence-corrected chi connectivity index (χ2v) is 10.2. The molecule has 0 aliphatic rings. The molecule has 3 aromatic rings. The number of aliphatic hydroxyl groups excluding tert-OH is 1. The molecule has 9 heteroatoms. The minimum atomic E-state index is -3.37. The zero-order valence-electron chi connectivity index (χ0n) is 15.9. The summed E-state index contributed by atoms with van der Waals surface area (Å²) in [5.41, 5.74) is 2.54. The van der Waals surface area contributed by atoms with E-state index < -0.39 is 15.6 Å². The van der Waals surface area contributed by atoms with Gasteiger partial charge in [-0.15, -0.1) is 11.3 Å². The minimum Gasteiger partial charge on any atom is -0.393 e. The number of pyridine rings is 1. The van der Waals surface area contributed by atoms with Gasteiger partial charge in [0.15, 0.2) is 0 Å². The first-order valence-corrected chi connectivity index (χ1v) is 11.9. The minimum absolute atomic E-state index is 0.246. The summed E-state index contributed by atoms with van der Waals surface area (Å²) < 4.78 is 25.2. The smallest absolute Gasteiger partial charge is 0.229 e. The van der Waals surface area contributed by atoms with E-state index in [1.807, 2.05) is 23.6 Å². The Balaban J connectivity index is 1.86. The number of aliphatic hydroxyl groups is 2. The summed E-state index contributed by atoms with van der Waals surface area (Å²) in [7, 11) is -3.37. The molecule has 0 bridgehead atoms. The van der Waals surface area contributed by atoms with Gasteiger partial charge in [0.1, 0.15) is 0 Å². The number of sulfonamides is 1. The SMILES string of the molecule is C[C@](O)(CO)Cc1cc(-c2cc(-c3ccc(NS(C)(=O)=O)cc3Cl)cs2)ccn1. The maximum Gasteiger partial charge on any atom is 0.229 e. The number of thiophene rings is 1. The molecule has 0 spiro atoms. The molecule has 6 nitrogen and oxygen atoms in total. The lowest BCUT2D eigenvalue weighted by Gasteiger charge is -2.19. The topological polar surface area (TPSA) is 99.5 Å². The molecule has 1 aromatic carbocycles. The Hall–Kier alpha value is -1.97.